The fourth-order valence-electron chi connectivity index (χ4n) is 2.43. The van der Waals surface area contributed by atoms with Gasteiger partial charge >= 0.3 is 0 Å². The highest BCUT2D eigenvalue weighted by atomic mass is 79.9. The Bertz CT molecular complexity index is 969. The van der Waals surface area contributed by atoms with Crippen LogP contribution in [-0.4, -0.2) is 24.6 Å². The van der Waals surface area contributed by atoms with Crippen LogP contribution >= 0.6 is 15.9 Å². The molecule has 3 heterocycles. The first-order valence-corrected chi connectivity index (χ1v) is 9.18. The normalized spacial score (nSPS) is 10.3. The molecule has 7 heteroatoms. The number of hydrogen-bond acceptors (Lipinski definition) is 5. The van der Waals surface area contributed by atoms with E-state index in [1.165, 1.54) is 6.33 Å². The number of halogens is 1. The Morgan fingerprint density at radius 2 is 1.77 bits per heavy atom. The first-order chi connectivity index (χ1) is 12.8. The van der Waals surface area contributed by atoms with Crippen LogP contribution in [0.1, 0.15) is 19.4 Å². The molecular weight excluding hydrogens is 392 g/mol. The van der Waals surface area contributed by atoms with Crippen molar-refractivity contribution in [1.29, 1.82) is 0 Å². The van der Waals surface area contributed by atoms with Crippen molar-refractivity contribution in [2.24, 2.45) is 0 Å². The summed E-state index contributed by atoms with van der Waals surface area (Å²) in [4.78, 5) is 12.8. The third-order valence-corrected chi connectivity index (χ3v) is 4.15. The second kappa shape index (κ2) is 8.53. The van der Waals surface area contributed by atoms with Gasteiger partial charge in [0.15, 0.2) is 5.65 Å². The molecule has 0 amide bonds. The lowest BCUT2D eigenvalue weighted by Gasteiger charge is -2.10. The standard InChI is InChI=1S/C17H13BrN6.C2H6/c18-14-10-22-24-16(21-9-12-7-19-11-20-8-12)6-15(23-17(14)24)13-4-2-1-3-5-13;1-2/h1-8,10-11,21H,9H2;1-2H3. The second-order valence-corrected chi connectivity index (χ2v) is 6.08. The minimum Gasteiger partial charge on any atom is -0.366 e. The molecule has 0 bridgehead atoms. The lowest BCUT2D eigenvalue weighted by molar-refractivity contribution is 0.922. The Hall–Kier alpha value is -2.80. The molecule has 132 valence electrons. The van der Waals surface area contributed by atoms with Crippen molar-refractivity contribution in [2.45, 2.75) is 20.4 Å². The third-order valence-electron chi connectivity index (χ3n) is 3.59. The van der Waals surface area contributed by atoms with Crippen LogP contribution in [0.25, 0.3) is 16.9 Å². The van der Waals surface area contributed by atoms with Crippen molar-refractivity contribution in [3.63, 3.8) is 0 Å². The molecule has 1 aromatic carbocycles. The van der Waals surface area contributed by atoms with Gasteiger partial charge in [0.1, 0.15) is 12.1 Å². The zero-order valence-electron chi connectivity index (χ0n) is 14.6. The predicted molar refractivity (Wildman–Crippen MR) is 107 cm³/mol. The van der Waals surface area contributed by atoms with Crippen LogP contribution in [0.4, 0.5) is 5.82 Å². The molecule has 4 aromatic rings. The van der Waals surface area contributed by atoms with Crippen LogP contribution in [0.2, 0.25) is 0 Å². The molecule has 0 aliphatic heterocycles. The van der Waals surface area contributed by atoms with E-state index in [-0.39, 0.29) is 0 Å². The van der Waals surface area contributed by atoms with Gasteiger partial charge < -0.3 is 5.32 Å². The monoisotopic (exact) mass is 410 g/mol. The minimum absolute atomic E-state index is 0.603. The van der Waals surface area contributed by atoms with Crippen molar-refractivity contribution >= 4 is 27.4 Å². The van der Waals surface area contributed by atoms with Gasteiger partial charge in [-0.25, -0.2) is 15.0 Å². The maximum atomic E-state index is 4.71. The van der Waals surface area contributed by atoms with E-state index in [0.29, 0.717) is 6.54 Å². The number of benzene rings is 1. The third kappa shape index (κ3) is 3.88. The summed E-state index contributed by atoms with van der Waals surface area (Å²) >= 11 is 3.51. The van der Waals surface area contributed by atoms with Crippen LogP contribution in [0.5, 0.6) is 0 Å². The van der Waals surface area contributed by atoms with Crippen molar-refractivity contribution in [3.05, 3.63) is 71.4 Å². The van der Waals surface area contributed by atoms with E-state index in [4.69, 9.17) is 4.98 Å². The van der Waals surface area contributed by atoms with Gasteiger partial charge in [-0.05, 0) is 15.9 Å². The van der Waals surface area contributed by atoms with Crippen molar-refractivity contribution < 1.29 is 0 Å². The molecule has 0 spiro atoms. The molecule has 3 aromatic heterocycles. The van der Waals surface area contributed by atoms with Gasteiger partial charge in [0.05, 0.1) is 16.4 Å². The van der Waals surface area contributed by atoms with E-state index in [1.807, 2.05) is 50.2 Å². The summed E-state index contributed by atoms with van der Waals surface area (Å²) in [6.45, 7) is 4.60. The largest absolute Gasteiger partial charge is 0.366 e. The van der Waals surface area contributed by atoms with Crippen LogP contribution in [0.3, 0.4) is 0 Å². The Morgan fingerprint density at radius 1 is 1.04 bits per heavy atom. The highest BCUT2D eigenvalue weighted by molar-refractivity contribution is 9.10. The van der Waals surface area contributed by atoms with Gasteiger partial charge in [-0.3, -0.25) is 0 Å². The topological polar surface area (TPSA) is 68.0 Å². The number of nitrogens with one attached hydrogen (secondary N) is 1. The number of nitrogens with zero attached hydrogens (tertiary/aromatic N) is 5. The van der Waals surface area contributed by atoms with Gasteiger partial charge in [-0.15, -0.1) is 0 Å². The van der Waals surface area contributed by atoms with Crippen molar-refractivity contribution in [1.82, 2.24) is 24.6 Å². The maximum absolute atomic E-state index is 4.71. The number of fused-ring (bicyclic) bond motifs is 1. The Morgan fingerprint density at radius 3 is 2.50 bits per heavy atom. The quantitative estimate of drug-likeness (QED) is 0.532. The van der Waals surface area contributed by atoms with E-state index in [2.05, 4.69) is 36.3 Å². The molecule has 26 heavy (non-hydrogen) atoms. The summed E-state index contributed by atoms with van der Waals surface area (Å²) in [5, 5.41) is 7.77. The highest BCUT2D eigenvalue weighted by Crippen LogP contribution is 2.25. The molecule has 4 rings (SSSR count). The SMILES string of the molecule is Brc1cnn2c(NCc3cncnc3)cc(-c3ccccc3)nc12.CC. The smallest absolute Gasteiger partial charge is 0.172 e. The van der Waals surface area contributed by atoms with E-state index < -0.39 is 0 Å². The lowest BCUT2D eigenvalue weighted by Crippen LogP contribution is -2.07. The predicted octanol–water partition coefficient (Wildman–Crippen LogP) is 4.59. The van der Waals surface area contributed by atoms with E-state index in [1.54, 1.807) is 23.1 Å². The first-order valence-electron chi connectivity index (χ1n) is 8.39. The summed E-state index contributed by atoms with van der Waals surface area (Å²) < 4.78 is 2.63. The Kier molecular flexibility index (Phi) is 5.91. The molecule has 0 unspecified atom stereocenters. The summed E-state index contributed by atoms with van der Waals surface area (Å²) in [5.41, 5.74) is 3.70. The van der Waals surface area contributed by atoms with Crippen LogP contribution in [0.15, 0.2) is 65.8 Å². The molecule has 0 saturated heterocycles. The zero-order valence-corrected chi connectivity index (χ0v) is 16.2. The fourth-order valence-corrected chi connectivity index (χ4v) is 2.78. The maximum Gasteiger partial charge on any atom is 0.172 e. The fraction of sp³-hybridized carbons (Fsp3) is 0.158. The van der Waals surface area contributed by atoms with Crippen molar-refractivity contribution in [2.75, 3.05) is 5.32 Å². The van der Waals surface area contributed by atoms with Gasteiger partial charge in [-0.2, -0.15) is 9.61 Å². The molecule has 1 N–H and O–H groups in total. The number of anilines is 1. The average molecular weight is 411 g/mol. The van der Waals surface area contributed by atoms with E-state index in [0.717, 1.165) is 32.8 Å². The summed E-state index contributed by atoms with van der Waals surface area (Å²) in [7, 11) is 0. The molecule has 6 nitrogen and oxygen atoms in total. The molecule has 0 radical (unpaired) electrons. The summed E-state index contributed by atoms with van der Waals surface area (Å²) in [6.07, 6.45) is 6.84. The van der Waals surface area contributed by atoms with Gasteiger partial charge in [0, 0.05) is 36.1 Å². The molecule has 0 fully saturated rings. The van der Waals surface area contributed by atoms with E-state index in [9.17, 15) is 0 Å². The van der Waals surface area contributed by atoms with Crippen LogP contribution in [-0.2, 0) is 6.54 Å². The molecule has 0 aliphatic rings. The summed E-state index contributed by atoms with van der Waals surface area (Å²) in [5.74, 6) is 0.855. The van der Waals surface area contributed by atoms with Gasteiger partial charge in [0.25, 0.3) is 0 Å². The molecular formula is C19H19BrN6. The second-order valence-electron chi connectivity index (χ2n) is 5.22. The molecule has 0 aliphatic carbocycles. The number of aromatic nitrogens is 5. The zero-order chi connectivity index (χ0) is 18.4. The highest BCUT2D eigenvalue weighted by Gasteiger charge is 2.11. The first kappa shape index (κ1) is 18.0. The van der Waals surface area contributed by atoms with Gasteiger partial charge in [-0.1, -0.05) is 44.2 Å². The van der Waals surface area contributed by atoms with Crippen LogP contribution in [0, 0.1) is 0 Å². The minimum atomic E-state index is 0.603. The average Bonchev–Trinajstić information content (AvgIpc) is 3.10. The van der Waals surface area contributed by atoms with Gasteiger partial charge in [0.2, 0.25) is 0 Å². The Balaban J connectivity index is 0.000000948. The molecule has 0 atom stereocenters. The number of rotatable bonds is 4. The summed E-state index contributed by atoms with van der Waals surface area (Å²) in [6, 6.07) is 12.1. The van der Waals surface area contributed by atoms with E-state index >= 15 is 0 Å². The Labute approximate surface area is 160 Å². The number of hydrogen-bond donors (Lipinski definition) is 1. The lowest BCUT2D eigenvalue weighted by atomic mass is 10.1. The molecule has 0 saturated carbocycles. The van der Waals surface area contributed by atoms with Crippen LogP contribution < -0.4 is 5.32 Å². The van der Waals surface area contributed by atoms with Crippen molar-refractivity contribution in [3.8, 4) is 11.3 Å².